The van der Waals surface area contributed by atoms with E-state index in [2.05, 4.69) is 14.7 Å². The van der Waals surface area contributed by atoms with E-state index in [0.717, 1.165) is 0 Å². The summed E-state index contributed by atoms with van der Waals surface area (Å²) in [7, 11) is 3.85. The van der Waals surface area contributed by atoms with Gasteiger partial charge in [0, 0.05) is 75.6 Å². The Balaban J connectivity index is 1.27. The molecule has 6 aromatic heterocycles. The third-order valence-electron chi connectivity index (χ3n) is 12.3. The monoisotopic (exact) mass is 1030 g/mol. The van der Waals surface area contributed by atoms with E-state index in [4.69, 9.17) is 56.6 Å². The lowest BCUT2D eigenvalue weighted by atomic mass is 10.1. The van der Waals surface area contributed by atoms with Gasteiger partial charge in [-0.1, -0.05) is 0 Å². The molecular formula is C54H60N6O15. The Bertz CT molecular complexity index is 2750. The van der Waals surface area contributed by atoms with Crippen LogP contribution in [0.25, 0.3) is 34.0 Å². The molecule has 0 unspecified atom stereocenters. The van der Waals surface area contributed by atoms with Crippen molar-refractivity contribution >= 4 is 35.8 Å². The van der Waals surface area contributed by atoms with Crippen LogP contribution in [0.1, 0.15) is 118 Å². The number of esters is 6. The van der Waals surface area contributed by atoms with Crippen molar-refractivity contribution in [3.8, 4) is 34.0 Å². The van der Waals surface area contributed by atoms with Gasteiger partial charge in [0.05, 0.1) is 58.2 Å². The first-order chi connectivity index (χ1) is 36.0. The number of ether oxygens (including phenoxy) is 6. The Labute approximate surface area is 433 Å². The van der Waals surface area contributed by atoms with E-state index in [-0.39, 0.29) is 73.2 Å². The molecule has 1 fully saturated rings. The van der Waals surface area contributed by atoms with Crippen LogP contribution in [0.5, 0.6) is 0 Å². The number of aromatic nitrogens is 3. The molecule has 21 heteroatoms. The van der Waals surface area contributed by atoms with Crippen LogP contribution in [0.4, 0.5) is 0 Å². The Hall–Kier alpha value is -8.01. The summed E-state index contributed by atoms with van der Waals surface area (Å²) < 4.78 is 49.1. The average Bonchev–Trinajstić information content (AvgIpc) is 4.14. The molecule has 396 valence electrons. The second-order valence-corrected chi connectivity index (χ2v) is 17.4. The maximum Gasteiger partial charge on any atom is 0.356 e. The quantitative estimate of drug-likeness (QED) is 0.0606. The summed E-state index contributed by atoms with van der Waals surface area (Å²) in [6, 6.07) is 14.8. The topological polar surface area (TPSA) is 246 Å². The molecule has 6 aromatic rings. The molecule has 7 rings (SSSR count). The van der Waals surface area contributed by atoms with E-state index in [1.807, 2.05) is 0 Å². The fraction of sp³-hybridized carbons (Fsp3) is 0.389. The van der Waals surface area contributed by atoms with Crippen molar-refractivity contribution in [2.45, 2.75) is 61.2 Å². The van der Waals surface area contributed by atoms with Gasteiger partial charge in [0.25, 0.3) is 0 Å². The molecule has 0 bridgehead atoms. The van der Waals surface area contributed by atoms with E-state index in [1.165, 1.54) is 21.3 Å². The maximum absolute atomic E-state index is 13.3. The molecule has 0 spiro atoms. The molecule has 1 aliphatic heterocycles. The number of hydrogen-bond donors (Lipinski definition) is 0. The van der Waals surface area contributed by atoms with E-state index in [9.17, 15) is 28.8 Å². The third kappa shape index (κ3) is 13.4. The van der Waals surface area contributed by atoms with Gasteiger partial charge in [0.15, 0.2) is 0 Å². The summed E-state index contributed by atoms with van der Waals surface area (Å²) in [5.41, 5.74) is 3.91. The van der Waals surface area contributed by atoms with Gasteiger partial charge in [0.1, 0.15) is 68.3 Å². The minimum absolute atomic E-state index is 0.0492. The van der Waals surface area contributed by atoms with Gasteiger partial charge in [-0.15, -0.1) is 0 Å². The van der Waals surface area contributed by atoms with Crippen LogP contribution in [0.3, 0.4) is 0 Å². The minimum Gasteiger partial charge on any atom is -0.465 e. The normalized spacial score (nSPS) is 13.6. The molecule has 0 aliphatic carbocycles. The van der Waals surface area contributed by atoms with E-state index < -0.39 is 35.8 Å². The maximum atomic E-state index is 13.3. The Morgan fingerprint density at radius 1 is 0.413 bits per heavy atom. The van der Waals surface area contributed by atoms with Gasteiger partial charge in [-0.25, -0.2) is 43.7 Å². The predicted octanol–water partition coefficient (Wildman–Crippen LogP) is 7.29. The summed E-state index contributed by atoms with van der Waals surface area (Å²) in [5, 5.41) is 0. The lowest BCUT2D eigenvalue weighted by Gasteiger charge is -2.26. The van der Waals surface area contributed by atoms with Crippen LogP contribution in [0.2, 0.25) is 0 Å². The number of furan rings is 3. The van der Waals surface area contributed by atoms with Gasteiger partial charge >= 0.3 is 35.8 Å². The van der Waals surface area contributed by atoms with Crippen LogP contribution in [-0.4, -0.2) is 146 Å². The first-order valence-electron chi connectivity index (χ1n) is 24.3. The number of rotatable bonds is 18. The molecule has 0 aromatic carbocycles. The van der Waals surface area contributed by atoms with Gasteiger partial charge in [-0.3, -0.25) is 14.7 Å². The Kier molecular flexibility index (Phi) is 18.1. The second-order valence-electron chi connectivity index (χ2n) is 17.4. The first kappa shape index (κ1) is 54.8. The summed E-state index contributed by atoms with van der Waals surface area (Å²) in [6.07, 6.45) is 0. The molecule has 0 atom stereocenters. The van der Waals surface area contributed by atoms with Crippen LogP contribution in [0.15, 0.2) is 67.8 Å². The van der Waals surface area contributed by atoms with Crippen LogP contribution < -0.4 is 0 Å². The molecule has 0 N–H and O–H groups in total. The predicted molar refractivity (Wildman–Crippen MR) is 268 cm³/mol. The smallest absolute Gasteiger partial charge is 0.356 e. The van der Waals surface area contributed by atoms with Crippen molar-refractivity contribution in [2.24, 2.45) is 0 Å². The summed E-state index contributed by atoms with van der Waals surface area (Å²) in [5.74, 6) is -1.61. The highest BCUT2D eigenvalue weighted by atomic mass is 16.5. The van der Waals surface area contributed by atoms with Crippen molar-refractivity contribution in [3.05, 3.63) is 123 Å². The van der Waals surface area contributed by atoms with Gasteiger partial charge < -0.3 is 41.7 Å². The highest BCUT2D eigenvalue weighted by molar-refractivity contribution is 5.94. The zero-order chi connectivity index (χ0) is 53.9. The van der Waals surface area contributed by atoms with Crippen LogP contribution in [-0.2, 0) is 48.1 Å². The van der Waals surface area contributed by atoms with E-state index in [1.54, 1.807) is 96.1 Å². The lowest BCUT2D eigenvalue weighted by Crippen LogP contribution is -2.36. The summed E-state index contributed by atoms with van der Waals surface area (Å²) in [6.45, 7) is 14.1. The molecule has 75 heavy (non-hydrogen) atoms. The Morgan fingerprint density at radius 2 is 0.667 bits per heavy atom. The number of hydrogen-bond acceptors (Lipinski definition) is 21. The van der Waals surface area contributed by atoms with Crippen molar-refractivity contribution in [1.29, 1.82) is 0 Å². The highest BCUT2D eigenvalue weighted by Gasteiger charge is 2.26. The first-order valence-corrected chi connectivity index (χ1v) is 24.3. The third-order valence-corrected chi connectivity index (χ3v) is 12.3. The number of pyridine rings is 3. The fourth-order valence-electron chi connectivity index (χ4n) is 8.52. The Morgan fingerprint density at radius 3 is 0.893 bits per heavy atom. The van der Waals surface area contributed by atoms with Gasteiger partial charge in [0.2, 0.25) is 0 Å². The van der Waals surface area contributed by atoms with Crippen molar-refractivity contribution in [1.82, 2.24) is 29.7 Å². The number of aryl methyl sites for hydroxylation is 3. The largest absolute Gasteiger partial charge is 0.465 e. The van der Waals surface area contributed by atoms with Crippen molar-refractivity contribution in [2.75, 3.05) is 80.4 Å². The SMILES string of the molecule is CCOC(=O)c1cc(-c2cc(C(=O)OC)c(C)o2)cc(CN2CCN(Cc3cc(-c4cc(C(=O)OC)c(C)o4)cc(C(=O)OCC)n3)CCN(Cc3cc(-c4cc(C(=O)OC)c(C)o4)cc(C(=O)OCC)n3)CC2)n1. The van der Waals surface area contributed by atoms with Crippen molar-refractivity contribution in [3.63, 3.8) is 0 Å². The van der Waals surface area contributed by atoms with Crippen LogP contribution >= 0.6 is 0 Å². The van der Waals surface area contributed by atoms with Gasteiger partial charge in [-0.05, 0) is 96.1 Å². The average molecular weight is 1030 g/mol. The molecular weight excluding hydrogens is 973 g/mol. The standard InChI is InChI=1S/C54H60N6O15/c1-10-70-52(64)43-22-34(46-25-40(31(4)73-46)49(61)67-7)19-37(55-43)28-58-13-15-59(29-38-20-35(23-44(56-38)53(65)71-11-2)47-26-41(32(5)74-47)50(62)68-8)17-18-60(16-14-58)30-39-21-36(24-45(57-39)54(66)72-12-3)48-27-42(33(6)75-48)51(63)69-9/h19-27H,10-18,28-30H2,1-9H3. The minimum atomic E-state index is -0.634. The highest BCUT2D eigenvalue weighted by Crippen LogP contribution is 2.31. The molecule has 21 nitrogen and oxygen atoms in total. The fourth-order valence-corrected chi connectivity index (χ4v) is 8.52. The lowest BCUT2D eigenvalue weighted by molar-refractivity contribution is 0.0509. The molecule has 0 radical (unpaired) electrons. The molecule has 0 amide bonds. The van der Waals surface area contributed by atoms with E-state index >= 15 is 0 Å². The number of nitrogens with zero attached hydrogens (tertiary/aromatic N) is 6. The van der Waals surface area contributed by atoms with Crippen LogP contribution in [0, 0.1) is 20.8 Å². The molecule has 1 saturated heterocycles. The molecule has 0 saturated carbocycles. The zero-order valence-electron chi connectivity index (χ0n) is 43.5. The molecule has 1 aliphatic rings. The number of carbonyl (C=O) groups is 6. The number of carbonyl (C=O) groups excluding carboxylic acids is 6. The van der Waals surface area contributed by atoms with Crippen molar-refractivity contribution < 1.29 is 70.4 Å². The summed E-state index contributed by atoms with van der Waals surface area (Å²) in [4.78, 5) is 98.4. The zero-order valence-corrected chi connectivity index (χ0v) is 43.5. The molecule has 7 heterocycles. The van der Waals surface area contributed by atoms with E-state index in [0.29, 0.717) is 108 Å². The number of methoxy groups -OCH3 is 3. The second kappa shape index (κ2) is 24.8. The van der Waals surface area contributed by atoms with Gasteiger partial charge in [-0.2, -0.15) is 0 Å². The summed E-state index contributed by atoms with van der Waals surface area (Å²) >= 11 is 0.